The Balaban J connectivity index is 1.69. The molecule has 2 nitrogen and oxygen atoms in total. The van der Waals surface area contributed by atoms with Crippen LogP contribution in [0.25, 0.3) is 0 Å². The van der Waals surface area contributed by atoms with Gasteiger partial charge in [0.2, 0.25) is 0 Å². The third kappa shape index (κ3) is 3.69. The fourth-order valence-corrected chi connectivity index (χ4v) is 4.47. The van der Waals surface area contributed by atoms with Crippen LogP contribution in [0.15, 0.2) is 60.1 Å². The Morgan fingerprint density at radius 1 is 0.885 bits per heavy atom. The highest BCUT2D eigenvalue weighted by Crippen LogP contribution is 2.42. The Bertz CT molecular complexity index is 778. The molecule has 2 atom stereocenters. The number of aromatic nitrogens is 1. The van der Waals surface area contributed by atoms with Crippen molar-refractivity contribution in [2.24, 2.45) is 0 Å². The molecule has 0 saturated carbocycles. The molecule has 1 saturated heterocycles. The number of nitrogens with zero attached hydrogens (tertiary/aromatic N) is 2. The first-order chi connectivity index (χ1) is 12.7. The number of benzene rings is 2. The van der Waals surface area contributed by atoms with Crippen molar-refractivity contribution in [1.29, 1.82) is 0 Å². The fourth-order valence-electron chi connectivity index (χ4n) is 3.85. The monoisotopic (exact) mass is 370 g/mol. The van der Waals surface area contributed by atoms with Gasteiger partial charge in [-0.2, -0.15) is 0 Å². The Hall–Kier alpha value is -2.11. The molecule has 0 amide bonds. The number of halogens is 2. The molecule has 0 spiro atoms. The molecule has 1 aliphatic heterocycles. The van der Waals surface area contributed by atoms with Crippen molar-refractivity contribution in [2.45, 2.75) is 37.9 Å². The number of likely N-dealkylation sites (tertiary alicyclic amines) is 1. The summed E-state index contributed by atoms with van der Waals surface area (Å²) < 4.78 is 26.8. The van der Waals surface area contributed by atoms with Crippen LogP contribution in [0.2, 0.25) is 0 Å². The molecule has 0 aliphatic carbocycles. The molecule has 4 rings (SSSR count). The minimum Gasteiger partial charge on any atom is -0.283 e. The van der Waals surface area contributed by atoms with E-state index < -0.39 is 0 Å². The lowest BCUT2D eigenvalue weighted by molar-refractivity contribution is 0.0733. The summed E-state index contributed by atoms with van der Waals surface area (Å²) in [6, 6.07) is 14.0. The van der Waals surface area contributed by atoms with E-state index in [4.69, 9.17) is 0 Å². The second-order valence-electron chi connectivity index (χ2n) is 6.66. The first-order valence-electron chi connectivity index (χ1n) is 8.86. The molecule has 1 aliphatic rings. The van der Waals surface area contributed by atoms with Crippen LogP contribution in [0.5, 0.6) is 0 Å². The molecule has 1 aromatic heterocycles. The maximum Gasteiger partial charge on any atom is 0.123 e. The molecule has 5 heteroatoms. The third-order valence-corrected chi connectivity index (χ3v) is 5.83. The van der Waals surface area contributed by atoms with Crippen LogP contribution in [0, 0.1) is 11.6 Å². The Morgan fingerprint density at radius 3 is 1.88 bits per heavy atom. The topological polar surface area (TPSA) is 16.1 Å². The van der Waals surface area contributed by atoms with E-state index in [1.807, 2.05) is 35.8 Å². The molecule has 1 fully saturated rings. The average Bonchev–Trinajstić information content (AvgIpc) is 3.17. The maximum atomic E-state index is 13.4. The van der Waals surface area contributed by atoms with Crippen LogP contribution in [0.3, 0.4) is 0 Å². The highest BCUT2D eigenvalue weighted by atomic mass is 32.1. The van der Waals surface area contributed by atoms with Crippen molar-refractivity contribution in [1.82, 2.24) is 9.88 Å². The van der Waals surface area contributed by atoms with E-state index in [9.17, 15) is 8.78 Å². The van der Waals surface area contributed by atoms with Crippen molar-refractivity contribution in [2.75, 3.05) is 0 Å². The first kappa shape index (κ1) is 17.3. The standard InChI is InChI=1S/C21H20F2N2S/c22-17-8-4-15(5-9-17)19-2-1-3-20(16-6-10-18(23)11-7-16)25(19)14-21-24-12-13-26-21/h4-13,19-20H,1-3,14H2. The van der Waals surface area contributed by atoms with Crippen molar-refractivity contribution in [3.05, 3.63) is 87.9 Å². The summed E-state index contributed by atoms with van der Waals surface area (Å²) in [6.07, 6.45) is 4.95. The van der Waals surface area contributed by atoms with Crippen LogP contribution in [0.4, 0.5) is 8.78 Å². The Kier molecular flexibility index (Phi) is 5.09. The van der Waals surface area contributed by atoms with Crippen LogP contribution in [-0.2, 0) is 6.54 Å². The van der Waals surface area contributed by atoms with Gasteiger partial charge in [-0.3, -0.25) is 4.90 Å². The second kappa shape index (κ2) is 7.64. The minimum atomic E-state index is -0.217. The lowest BCUT2D eigenvalue weighted by Crippen LogP contribution is -2.36. The van der Waals surface area contributed by atoms with E-state index in [-0.39, 0.29) is 23.7 Å². The third-order valence-electron chi connectivity index (χ3n) is 5.07. The van der Waals surface area contributed by atoms with Crippen molar-refractivity contribution in [3.8, 4) is 0 Å². The van der Waals surface area contributed by atoms with Gasteiger partial charge in [-0.1, -0.05) is 24.3 Å². The molecule has 26 heavy (non-hydrogen) atoms. The average molecular weight is 370 g/mol. The van der Waals surface area contributed by atoms with Gasteiger partial charge in [-0.15, -0.1) is 11.3 Å². The molecule has 2 aromatic carbocycles. The van der Waals surface area contributed by atoms with E-state index in [2.05, 4.69) is 9.88 Å². The lowest BCUT2D eigenvalue weighted by Gasteiger charge is -2.42. The molecule has 3 aromatic rings. The fraction of sp³-hybridized carbons (Fsp3) is 0.286. The SMILES string of the molecule is Fc1ccc(C2CCCC(c3ccc(F)cc3)N2Cc2nccs2)cc1. The molecule has 0 N–H and O–H groups in total. The van der Waals surface area contributed by atoms with Crippen molar-refractivity contribution in [3.63, 3.8) is 0 Å². The number of hydrogen-bond acceptors (Lipinski definition) is 3. The van der Waals surface area contributed by atoms with Gasteiger partial charge in [-0.25, -0.2) is 13.8 Å². The normalized spacial score (nSPS) is 21.0. The predicted octanol–water partition coefficient (Wildman–Crippen LogP) is 5.89. The van der Waals surface area contributed by atoms with Crippen LogP contribution in [0.1, 0.15) is 47.5 Å². The van der Waals surface area contributed by atoms with E-state index in [0.29, 0.717) is 0 Å². The van der Waals surface area contributed by atoms with Gasteiger partial charge < -0.3 is 0 Å². The zero-order chi connectivity index (χ0) is 17.9. The zero-order valence-electron chi connectivity index (χ0n) is 14.3. The van der Waals surface area contributed by atoms with Gasteiger partial charge in [0.25, 0.3) is 0 Å². The highest BCUT2D eigenvalue weighted by Gasteiger charge is 2.33. The number of rotatable bonds is 4. The van der Waals surface area contributed by atoms with E-state index in [0.717, 1.165) is 41.9 Å². The molecule has 134 valence electrons. The minimum absolute atomic E-state index is 0.198. The first-order valence-corrected chi connectivity index (χ1v) is 9.74. The molecule has 0 bridgehead atoms. The summed E-state index contributed by atoms with van der Waals surface area (Å²) in [5, 5.41) is 3.05. The summed E-state index contributed by atoms with van der Waals surface area (Å²) in [5.41, 5.74) is 2.24. The molecule has 2 heterocycles. The second-order valence-corrected chi connectivity index (χ2v) is 7.64. The van der Waals surface area contributed by atoms with Gasteiger partial charge in [0, 0.05) is 23.7 Å². The van der Waals surface area contributed by atoms with Crippen molar-refractivity contribution >= 4 is 11.3 Å². The summed E-state index contributed by atoms with van der Waals surface area (Å²) in [5.74, 6) is -0.433. The maximum absolute atomic E-state index is 13.4. The molecule has 0 radical (unpaired) electrons. The van der Waals surface area contributed by atoms with Crippen molar-refractivity contribution < 1.29 is 8.78 Å². The number of hydrogen-bond donors (Lipinski definition) is 0. The van der Waals surface area contributed by atoms with E-state index in [1.165, 1.54) is 24.3 Å². The lowest BCUT2D eigenvalue weighted by atomic mass is 9.87. The van der Waals surface area contributed by atoms with Crippen LogP contribution in [-0.4, -0.2) is 9.88 Å². The van der Waals surface area contributed by atoms with Crippen LogP contribution < -0.4 is 0 Å². The number of piperidine rings is 1. The largest absolute Gasteiger partial charge is 0.283 e. The van der Waals surface area contributed by atoms with Gasteiger partial charge in [0.05, 0.1) is 6.54 Å². The summed E-state index contributed by atoms with van der Waals surface area (Å²) in [4.78, 5) is 6.88. The van der Waals surface area contributed by atoms with E-state index >= 15 is 0 Å². The Morgan fingerprint density at radius 2 is 1.42 bits per heavy atom. The molecule has 2 unspecified atom stereocenters. The Labute approximate surface area is 156 Å². The predicted molar refractivity (Wildman–Crippen MR) is 99.8 cm³/mol. The highest BCUT2D eigenvalue weighted by molar-refractivity contribution is 7.09. The van der Waals surface area contributed by atoms with Gasteiger partial charge >= 0.3 is 0 Å². The summed E-state index contributed by atoms with van der Waals surface area (Å²) in [6.45, 7) is 0.738. The summed E-state index contributed by atoms with van der Waals surface area (Å²) >= 11 is 1.64. The van der Waals surface area contributed by atoms with Gasteiger partial charge in [0.15, 0.2) is 0 Å². The summed E-state index contributed by atoms with van der Waals surface area (Å²) in [7, 11) is 0. The molecular weight excluding hydrogens is 350 g/mol. The van der Waals surface area contributed by atoms with Gasteiger partial charge in [0.1, 0.15) is 16.6 Å². The zero-order valence-corrected chi connectivity index (χ0v) is 15.1. The van der Waals surface area contributed by atoms with Gasteiger partial charge in [-0.05, 0) is 54.7 Å². The smallest absolute Gasteiger partial charge is 0.123 e. The molecular formula is C21H20F2N2S. The van der Waals surface area contributed by atoms with Crippen LogP contribution >= 0.6 is 11.3 Å². The number of thiazole rings is 1. The van der Waals surface area contributed by atoms with E-state index in [1.54, 1.807) is 11.3 Å². The quantitative estimate of drug-likeness (QED) is 0.569.